The molecule has 0 aliphatic carbocycles. The molecule has 0 aromatic heterocycles. The molecule has 2 aromatic rings. The number of hydrogen-bond acceptors (Lipinski definition) is 6. The molecule has 0 saturated heterocycles. The summed E-state index contributed by atoms with van der Waals surface area (Å²) < 4.78 is 43.6. The van der Waals surface area contributed by atoms with Gasteiger partial charge in [0.25, 0.3) is 0 Å². The number of hydrogen-bond donors (Lipinski definition) is 0. The minimum absolute atomic E-state index is 0.0498. The van der Waals surface area contributed by atoms with Crippen molar-refractivity contribution in [2.75, 3.05) is 0 Å². The summed E-state index contributed by atoms with van der Waals surface area (Å²) in [4.78, 5) is 30.8. The van der Waals surface area contributed by atoms with Crippen molar-refractivity contribution < 1.29 is 32.5 Å². The van der Waals surface area contributed by atoms with Gasteiger partial charge in [0.05, 0.1) is 20.4 Å². The van der Waals surface area contributed by atoms with Crippen LogP contribution in [0.4, 0.5) is 24.5 Å². The lowest BCUT2D eigenvalue weighted by atomic mass is 10.1. The number of nitro groups is 2. The van der Waals surface area contributed by atoms with Crippen LogP contribution in [0, 0.1) is 20.2 Å². The first-order chi connectivity index (χ1) is 12.0. The smallest absolute Gasteiger partial charge is 0.418 e. The average Bonchev–Trinajstić information content (AvgIpc) is 2.53. The van der Waals surface area contributed by atoms with E-state index in [1.54, 1.807) is 0 Å². The number of carbonyl (C=O) groups excluding carboxylic acids is 1. The van der Waals surface area contributed by atoms with Gasteiger partial charge in [0.1, 0.15) is 6.29 Å². The number of aldehydes is 1. The van der Waals surface area contributed by atoms with Crippen molar-refractivity contribution in [3.8, 4) is 11.5 Å². The normalized spacial score (nSPS) is 11.1. The molecule has 0 aliphatic heterocycles. The monoisotopic (exact) mass is 390 g/mol. The Bertz CT molecular complexity index is 916. The van der Waals surface area contributed by atoms with Crippen LogP contribution < -0.4 is 4.74 Å². The summed E-state index contributed by atoms with van der Waals surface area (Å²) in [5.41, 5.74) is -3.27. The minimum Gasteiger partial charge on any atom is -0.443 e. The maximum atomic E-state index is 12.8. The van der Waals surface area contributed by atoms with Gasteiger partial charge in [0.15, 0.2) is 0 Å². The van der Waals surface area contributed by atoms with Crippen LogP contribution in [0.2, 0.25) is 5.02 Å². The van der Waals surface area contributed by atoms with E-state index in [0.717, 1.165) is 18.2 Å². The van der Waals surface area contributed by atoms with Gasteiger partial charge in [-0.25, -0.2) is 0 Å². The molecule has 0 fully saturated rings. The molecule has 0 bridgehead atoms. The third kappa shape index (κ3) is 3.88. The highest BCUT2D eigenvalue weighted by Gasteiger charge is 2.37. The Balaban J connectivity index is 2.63. The number of alkyl halides is 3. The van der Waals surface area contributed by atoms with Crippen molar-refractivity contribution in [1.29, 1.82) is 0 Å². The molecule has 0 unspecified atom stereocenters. The Kier molecular flexibility index (Phi) is 5.12. The molecule has 0 N–H and O–H groups in total. The number of ether oxygens (including phenoxy) is 1. The van der Waals surface area contributed by atoms with Crippen molar-refractivity contribution in [3.05, 3.63) is 66.7 Å². The van der Waals surface area contributed by atoms with Crippen LogP contribution >= 0.6 is 11.6 Å². The average molecular weight is 391 g/mol. The van der Waals surface area contributed by atoms with Crippen LogP contribution in [0.1, 0.15) is 15.9 Å². The number of rotatable bonds is 5. The highest BCUT2D eigenvalue weighted by Crippen LogP contribution is 2.43. The molecule has 12 heteroatoms. The predicted octanol–water partition coefficient (Wildman–Crippen LogP) is 4.78. The van der Waals surface area contributed by atoms with Crippen LogP contribution in [-0.4, -0.2) is 16.1 Å². The van der Waals surface area contributed by atoms with Gasteiger partial charge < -0.3 is 4.74 Å². The maximum absolute atomic E-state index is 12.8. The van der Waals surface area contributed by atoms with Crippen LogP contribution in [0.5, 0.6) is 11.5 Å². The highest BCUT2D eigenvalue weighted by molar-refractivity contribution is 6.31. The summed E-state index contributed by atoms with van der Waals surface area (Å²) in [6.07, 6.45) is -4.62. The summed E-state index contributed by atoms with van der Waals surface area (Å²) in [6.45, 7) is 0. The van der Waals surface area contributed by atoms with E-state index in [9.17, 15) is 38.2 Å². The Hall–Kier alpha value is -3.21. The van der Waals surface area contributed by atoms with E-state index in [2.05, 4.69) is 0 Å². The second-order valence-corrected chi connectivity index (χ2v) is 5.17. The molecule has 2 rings (SSSR count). The van der Waals surface area contributed by atoms with E-state index < -0.39 is 49.5 Å². The van der Waals surface area contributed by atoms with E-state index in [4.69, 9.17) is 16.3 Å². The van der Waals surface area contributed by atoms with Crippen LogP contribution in [0.3, 0.4) is 0 Å². The molecule has 0 radical (unpaired) electrons. The van der Waals surface area contributed by atoms with Gasteiger partial charge in [-0.3, -0.25) is 25.0 Å². The summed E-state index contributed by atoms with van der Waals surface area (Å²) in [5.74, 6) is -1.32. The SMILES string of the molecule is O=Cc1ccc([N+](=O)[O-])c(Oc2cc(Cl)c(C(F)(F)F)cc2[N+](=O)[O-])c1. The fourth-order valence-electron chi connectivity index (χ4n) is 1.94. The number of benzene rings is 2. The lowest BCUT2D eigenvalue weighted by Crippen LogP contribution is -2.07. The molecular weight excluding hydrogens is 385 g/mol. The summed E-state index contributed by atoms with van der Waals surface area (Å²) in [6, 6.07) is 3.62. The fourth-order valence-corrected chi connectivity index (χ4v) is 2.20. The van der Waals surface area contributed by atoms with E-state index >= 15 is 0 Å². The predicted molar refractivity (Wildman–Crippen MR) is 81.7 cm³/mol. The molecule has 2 aromatic carbocycles. The Labute approximate surface area is 147 Å². The number of nitrogens with zero attached hydrogens (tertiary/aromatic N) is 2. The van der Waals surface area contributed by atoms with Crippen LogP contribution in [0.15, 0.2) is 30.3 Å². The molecule has 0 heterocycles. The topological polar surface area (TPSA) is 113 Å². The van der Waals surface area contributed by atoms with E-state index in [0.29, 0.717) is 12.4 Å². The second-order valence-electron chi connectivity index (χ2n) is 4.76. The zero-order chi connectivity index (χ0) is 19.6. The quantitative estimate of drug-likeness (QED) is 0.412. The Morgan fingerprint density at radius 2 is 1.58 bits per heavy atom. The highest BCUT2D eigenvalue weighted by atomic mass is 35.5. The van der Waals surface area contributed by atoms with E-state index in [1.807, 2.05) is 0 Å². The fraction of sp³-hybridized carbons (Fsp3) is 0.0714. The molecule has 26 heavy (non-hydrogen) atoms. The van der Waals surface area contributed by atoms with Gasteiger partial charge in [-0.15, -0.1) is 0 Å². The number of carbonyl (C=O) groups is 1. The molecule has 0 spiro atoms. The zero-order valence-electron chi connectivity index (χ0n) is 12.3. The maximum Gasteiger partial charge on any atom is 0.418 e. The van der Waals surface area contributed by atoms with Crippen LogP contribution in [0.25, 0.3) is 0 Å². The van der Waals surface area contributed by atoms with Crippen molar-refractivity contribution >= 4 is 29.3 Å². The van der Waals surface area contributed by atoms with Crippen molar-refractivity contribution in [1.82, 2.24) is 0 Å². The minimum atomic E-state index is -4.95. The van der Waals surface area contributed by atoms with Gasteiger partial charge in [0.2, 0.25) is 11.5 Å². The lowest BCUT2D eigenvalue weighted by Gasteiger charge is -2.12. The Morgan fingerprint density at radius 1 is 1.00 bits per heavy atom. The van der Waals surface area contributed by atoms with Crippen molar-refractivity contribution in [2.45, 2.75) is 6.18 Å². The van der Waals surface area contributed by atoms with E-state index in [-0.39, 0.29) is 11.6 Å². The molecule has 0 amide bonds. The molecule has 136 valence electrons. The third-order valence-electron chi connectivity index (χ3n) is 3.09. The molecule has 8 nitrogen and oxygen atoms in total. The van der Waals surface area contributed by atoms with Crippen molar-refractivity contribution in [2.24, 2.45) is 0 Å². The second kappa shape index (κ2) is 6.96. The summed E-state index contributed by atoms with van der Waals surface area (Å²) in [7, 11) is 0. The number of halogens is 4. The largest absolute Gasteiger partial charge is 0.443 e. The van der Waals surface area contributed by atoms with Crippen LogP contribution in [-0.2, 0) is 6.18 Å². The van der Waals surface area contributed by atoms with Gasteiger partial charge >= 0.3 is 17.6 Å². The molecular formula is C14H6ClF3N2O6. The van der Waals surface area contributed by atoms with Gasteiger partial charge in [-0.05, 0) is 12.1 Å². The third-order valence-corrected chi connectivity index (χ3v) is 3.40. The summed E-state index contributed by atoms with van der Waals surface area (Å²) >= 11 is 5.51. The lowest BCUT2D eigenvalue weighted by molar-refractivity contribution is -0.387. The first-order valence-electron chi connectivity index (χ1n) is 6.51. The molecule has 0 atom stereocenters. The summed E-state index contributed by atoms with van der Waals surface area (Å²) in [5, 5.41) is 21.2. The Morgan fingerprint density at radius 3 is 2.08 bits per heavy atom. The van der Waals surface area contributed by atoms with E-state index in [1.165, 1.54) is 0 Å². The molecule has 0 aliphatic rings. The van der Waals surface area contributed by atoms with Gasteiger partial charge in [-0.1, -0.05) is 11.6 Å². The first kappa shape index (κ1) is 19.1. The van der Waals surface area contributed by atoms with Gasteiger partial charge in [0, 0.05) is 23.8 Å². The standard InChI is InChI=1S/C14H6ClF3N2O6/c15-9-5-13(11(20(24)25)4-8(9)14(16,17)18)26-12-3-7(6-21)1-2-10(12)19(22)23/h1-6H. The first-order valence-corrected chi connectivity index (χ1v) is 6.89. The van der Waals surface area contributed by atoms with Crippen molar-refractivity contribution in [3.63, 3.8) is 0 Å². The zero-order valence-corrected chi connectivity index (χ0v) is 13.1. The molecule has 0 saturated carbocycles. The van der Waals surface area contributed by atoms with Gasteiger partial charge in [-0.2, -0.15) is 13.2 Å². The number of nitro benzene ring substituents is 2.